The van der Waals surface area contributed by atoms with Crippen LogP contribution in [-0.2, 0) is 0 Å². The second-order valence-electron chi connectivity index (χ2n) is 2.48. The second kappa shape index (κ2) is 2.96. The van der Waals surface area contributed by atoms with Crippen LogP contribution in [0.25, 0.3) is 0 Å². The summed E-state index contributed by atoms with van der Waals surface area (Å²) in [7, 11) is 0. The number of nitrogens with zero attached hydrogens (tertiary/aromatic N) is 1. The summed E-state index contributed by atoms with van der Waals surface area (Å²) in [6, 6.07) is 7.66. The Morgan fingerprint density at radius 3 is 2.83 bits per heavy atom. The zero-order valence-corrected chi connectivity index (χ0v) is 7.60. The Bertz CT molecular complexity index is 336. The van der Waals surface area contributed by atoms with Crippen molar-refractivity contribution in [1.82, 2.24) is 5.43 Å². The smallest absolute Gasteiger partial charge is 0.156 e. The molecule has 0 fully saturated rings. The van der Waals surface area contributed by atoms with E-state index in [1.165, 1.54) is 0 Å². The minimum absolute atomic E-state index is 0.274. The lowest BCUT2D eigenvalue weighted by atomic mass is 10.1. The minimum atomic E-state index is -0.274. The molecule has 0 saturated heterocycles. The van der Waals surface area contributed by atoms with Crippen molar-refractivity contribution >= 4 is 28.4 Å². The number of fused-ring (bicyclic) bond motifs is 1. The highest BCUT2D eigenvalue weighted by Crippen LogP contribution is 2.26. The van der Waals surface area contributed by atoms with Gasteiger partial charge >= 0.3 is 0 Å². The topological polar surface area (TPSA) is 24.4 Å². The van der Waals surface area contributed by atoms with Gasteiger partial charge in [0.15, 0.2) is 5.17 Å². The third kappa shape index (κ3) is 1.17. The Morgan fingerprint density at radius 1 is 1.33 bits per heavy atom. The number of benzene rings is 1. The van der Waals surface area contributed by atoms with Gasteiger partial charge in [-0.15, -0.1) is 0 Å². The van der Waals surface area contributed by atoms with E-state index in [0.717, 1.165) is 11.1 Å². The van der Waals surface area contributed by atoms with Gasteiger partial charge in [0.05, 0.1) is 0 Å². The first-order valence-corrected chi connectivity index (χ1v) is 4.32. The fourth-order valence-corrected chi connectivity index (χ4v) is 1.61. The summed E-state index contributed by atoms with van der Waals surface area (Å²) >= 11 is 11.8. The first-order valence-electron chi connectivity index (χ1n) is 3.51. The summed E-state index contributed by atoms with van der Waals surface area (Å²) in [5.41, 5.74) is 4.31. The van der Waals surface area contributed by atoms with E-state index < -0.39 is 0 Å². The largest absolute Gasteiger partial charge is 0.286 e. The SMILES string of the molecule is ClC1=NNC(Cl)c2ccccc21. The summed E-state index contributed by atoms with van der Waals surface area (Å²) in [5.74, 6) is 0. The van der Waals surface area contributed by atoms with E-state index in [-0.39, 0.29) is 5.50 Å². The van der Waals surface area contributed by atoms with Gasteiger partial charge in [-0.05, 0) is 0 Å². The maximum absolute atomic E-state index is 5.94. The molecule has 0 aromatic heterocycles. The van der Waals surface area contributed by atoms with Crippen molar-refractivity contribution in [1.29, 1.82) is 0 Å². The molecule has 1 unspecified atom stereocenters. The number of nitrogens with one attached hydrogen (secondary N) is 1. The van der Waals surface area contributed by atoms with E-state index >= 15 is 0 Å². The Hall–Kier alpha value is -0.730. The fourth-order valence-electron chi connectivity index (χ4n) is 1.15. The van der Waals surface area contributed by atoms with Gasteiger partial charge in [-0.1, -0.05) is 47.5 Å². The quantitative estimate of drug-likeness (QED) is 0.505. The summed E-state index contributed by atoms with van der Waals surface area (Å²) in [6.45, 7) is 0. The predicted molar refractivity (Wildman–Crippen MR) is 50.6 cm³/mol. The van der Waals surface area contributed by atoms with Crippen LogP contribution >= 0.6 is 23.2 Å². The van der Waals surface area contributed by atoms with Crippen LogP contribution in [0.3, 0.4) is 0 Å². The highest BCUT2D eigenvalue weighted by molar-refractivity contribution is 6.69. The van der Waals surface area contributed by atoms with E-state index in [0.29, 0.717) is 5.17 Å². The molecule has 0 spiro atoms. The molecular formula is C8H6Cl2N2. The number of hydrogen-bond acceptors (Lipinski definition) is 2. The number of hydrazone groups is 1. The Labute approximate surface area is 80.2 Å². The minimum Gasteiger partial charge on any atom is -0.286 e. The average Bonchev–Trinajstić information content (AvgIpc) is 2.12. The Kier molecular flexibility index (Phi) is 1.95. The van der Waals surface area contributed by atoms with Crippen molar-refractivity contribution in [3.63, 3.8) is 0 Å². The van der Waals surface area contributed by atoms with Crippen molar-refractivity contribution < 1.29 is 0 Å². The zero-order chi connectivity index (χ0) is 8.55. The van der Waals surface area contributed by atoms with Crippen LogP contribution in [0.1, 0.15) is 16.6 Å². The second-order valence-corrected chi connectivity index (χ2v) is 3.28. The normalized spacial score (nSPS) is 20.8. The molecular weight excluding hydrogens is 195 g/mol. The van der Waals surface area contributed by atoms with Gasteiger partial charge in [0.1, 0.15) is 5.50 Å². The van der Waals surface area contributed by atoms with Gasteiger partial charge in [0.25, 0.3) is 0 Å². The molecule has 62 valence electrons. The Morgan fingerprint density at radius 2 is 2.08 bits per heavy atom. The molecule has 1 N–H and O–H groups in total. The molecule has 1 atom stereocenters. The zero-order valence-electron chi connectivity index (χ0n) is 6.09. The highest BCUT2D eigenvalue weighted by atomic mass is 35.5. The third-order valence-corrected chi connectivity index (χ3v) is 2.35. The van der Waals surface area contributed by atoms with Gasteiger partial charge < -0.3 is 0 Å². The van der Waals surface area contributed by atoms with Crippen molar-refractivity contribution in [2.45, 2.75) is 5.50 Å². The van der Waals surface area contributed by atoms with Crippen LogP contribution in [0.15, 0.2) is 29.4 Å². The summed E-state index contributed by atoms with van der Waals surface area (Å²) in [6.07, 6.45) is 0. The lowest BCUT2D eigenvalue weighted by Gasteiger charge is -2.18. The maximum Gasteiger partial charge on any atom is 0.156 e. The molecule has 1 aromatic carbocycles. The first kappa shape index (κ1) is 7.90. The van der Waals surface area contributed by atoms with E-state index in [1.54, 1.807) is 0 Å². The lowest BCUT2D eigenvalue weighted by Crippen LogP contribution is -2.19. The van der Waals surface area contributed by atoms with Crippen molar-refractivity contribution in [2.24, 2.45) is 5.10 Å². The van der Waals surface area contributed by atoms with Crippen LogP contribution in [0.5, 0.6) is 0 Å². The summed E-state index contributed by atoms with van der Waals surface area (Å²) in [5, 5.41) is 4.31. The molecule has 4 heteroatoms. The van der Waals surface area contributed by atoms with Crippen LogP contribution in [-0.4, -0.2) is 5.17 Å². The highest BCUT2D eigenvalue weighted by Gasteiger charge is 2.18. The van der Waals surface area contributed by atoms with Crippen LogP contribution in [0, 0.1) is 0 Å². The van der Waals surface area contributed by atoms with Gasteiger partial charge in [0.2, 0.25) is 0 Å². The standard InChI is InChI=1S/C8H6Cl2N2/c9-7-5-3-1-2-4-6(5)8(10)12-11-7/h1-4,7,11H. The predicted octanol–water partition coefficient (Wildman–Crippen LogP) is 2.43. The van der Waals surface area contributed by atoms with Crippen LogP contribution < -0.4 is 5.43 Å². The molecule has 0 bridgehead atoms. The monoisotopic (exact) mass is 200 g/mol. The van der Waals surface area contributed by atoms with Crippen molar-refractivity contribution in [2.75, 3.05) is 0 Å². The van der Waals surface area contributed by atoms with Crippen molar-refractivity contribution in [3.8, 4) is 0 Å². The molecule has 2 rings (SSSR count). The number of hydrogen-bond donors (Lipinski definition) is 1. The first-order chi connectivity index (χ1) is 5.79. The summed E-state index contributed by atoms with van der Waals surface area (Å²) < 4.78 is 0. The molecule has 2 nitrogen and oxygen atoms in total. The van der Waals surface area contributed by atoms with Crippen molar-refractivity contribution in [3.05, 3.63) is 35.4 Å². The molecule has 1 heterocycles. The molecule has 1 aliphatic rings. The van der Waals surface area contributed by atoms with Crippen LogP contribution in [0.4, 0.5) is 0 Å². The molecule has 0 radical (unpaired) electrons. The van der Waals surface area contributed by atoms with E-state index in [9.17, 15) is 0 Å². The lowest BCUT2D eigenvalue weighted by molar-refractivity contribution is 0.705. The van der Waals surface area contributed by atoms with E-state index in [2.05, 4.69) is 10.5 Å². The molecule has 0 aliphatic carbocycles. The van der Waals surface area contributed by atoms with Gasteiger partial charge in [-0.25, -0.2) is 0 Å². The van der Waals surface area contributed by atoms with E-state index in [4.69, 9.17) is 23.2 Å². The number of rotatable bonds is 0. The molecule has 12 heavy (non-hydrogen) atoms. The van der Waals surface area contributed by atoms with Gasteiger partial charge in [-0.2, -0.15) is 5.10 Å². The van der Waals surface area contributed by atoms with Gasteiger partial charge in [-0.3, -0.25) is 5.43 Å². The van der Waals surface area contributed by atoms with Gasteiger partial charge in [0, 0.05) is 11.1 Å². The number of halogens is 2. The average molecular weight is 201 g/mol. The molecule has 1 aromatic rings. The van der Waals surface area contributed by atoms with E-state index in [1.807, 2.05) is 24.3 Å². The third-order valence-electron chi connectivity index (χ3n) is 1.73. The fraction of sp³-hybridized carbons (Fsp3) is 0.125. The molecule has 1 aliphatic heterocycles. The maximum atomic E-state index is 5.94. The molecule has 0 amide bonds. The van der Waals surface area contributed by atoms with Crippen LogP contribution in [0.2, 0.25) is 0 Å². The summed E-state index contributed by atoms with van der Waals surface area (Å²) in [4.78, 5) is 0. The Balaban J connectivity index is 2.58. The number of alkyl halides is 1. The molecule has 0 saturated carbocycles.